The fourth-order valence-electron chi connectivity index (χ4n) is 3.76. The number of aryl methyl sites for hydroxylation is 1. The third-order valence-corrected chi connectivity index (χ3v) is 8.38. The third-order valence-electron chi connectivity index (χ3n) is 5.56. The lowest BCUT2D eigenvalue weighted by molar-refractivity contribution is -0.113. The Morgan fingerprint density at radius 3 is 2.58 bits per heavy atom. The summed E-state index contributed by atoms with van der Waals surface area (Å²) in [6.45, 7) is 5.19. The standard InChI is InChI=1S/C23H27N5O3S2/c1-17-5-9-20(10-6-17)28-16-24-26-23(28)32-15-22(29)25-19-7-11-21(12-8-19)33(30,31)27-13-3-4-18(2)14-27/h5-12,16,18H,3-4,13-15H2,1-2H3,(H,25,29). The lowest BCUT2D eigenvalue weighted by atomic mass is 10.0. The van der Waals surface area contributed by atoms with Gasteiger partial charge < -0.3 is 5.32 Å². The van der Waals surface area contributed by atoms with Gasteiger partial charge >= 0.3 is 0 Å². The van der Waals surface area contributed by atoms with E-state index in [1.165, 1.54) is 11.8 Å². The van der Waals surface area contributed by atoms with Crippen molar-refractivity contribution in [3.63, 3.8) is 0 Å². The van der Waals surface area contributed by atoms with E-state index in [0.717, 1.165) is 24.1 Å². The molecule has 1 N–H and O–H groups in total. The van der Waals surface area contributed by atoms with Gasteiger partial charge in [0.1, 0.15) is 6.33 Å². The molecule has 1 aliphatic rings. The summed E-state index contributed by atoms with van der Waals surface area (Å²) < 4.78 is 29.2. The van der Waals surface area contributed by atoms with Crippen molar-refractivity contribution in [3.05, 3.63) is 60.4 Å². The molecule has 1 amide bonds. The van der Waals surface area contributed by atoms with Crippen molar-refractivity contribution < 1.29 is 13.2 Å². The van der Waals surface area contributed by atoms with Crippen molar-refractivity contribution in [3.8, 4) is 5.69 Å². The van der Waals surface area contributed by atoms with Crippen molar-refractivity contribution >= 4 is 33.4 Å². The van der Waals surface area contributed by atoms with Gasteiger partial charge in [-0.2, -0.15) is 4.31 Å². The summed E-state index contributed by atoms with van der Waals surface area (Å²) in [7, 11) is -3.52. The minimum atomic E-state index is -3.52. The molecule has 1 aliphatic heterocycles. The van der Waals surface area contributed by atoms with E-state index in [2.05, 4.69) is 22.4 Å². The Balaban J connectivity index is 1.35. The van der Waals surface area contributed by atoms with Crippen LogP contribution in [-0.2, 0) is 14.8 Å². The largest absolute Gasteiger partial charge is 0.325 e. The molecule has 1 unspecified atom stereocenters. The van der Waals surface area contributed by atoms with Gasteiger partial charge in [0, 0.05) is 24.5 Å². The van der Waals surface area contributed by atoms with Gasteiger partial charge in [0.2, 0.25) is 15.9 Å². The molecule has 8 nitrogen and oxygen atoms in total. The van der Waals surface area contributed by atoms with Crippen LogP contribution in [0, 0.1) is 12.8 Å². The van der Waals surface area contributed by atoms with Gasteiger partial charge in [0.05, 0.1) is 10.6 Å². The molecule has 33 heavy (non-hydrogen) atoms. The maximum atomic E-state index is 12.9. The summed E-state index contributed by atoms with van der Waals surface area (Å²) in [6.07, 6.45) is 3.55. The Labute approximate surface area is 198 Å². The lowest BCUT2D eigenvalue weighted by Gasteiger charge is -2.30. The van der Waals surface area contributed by atoms with Gasteiger partial charge in [-0.1, -0.05) is 36.4 Å². The molecule has 174 valence electrons. The molecule has 0 saturated carbocycles. The molecular formula is C23H27N5O3S2. The molecule has 0 aliphatic carbocycles. The van der Waals surface area contributed by atoms with Crippen LogP contribution in [0.1, 0.15) is 25.3 Å². The first kappa shape index (κ1) is 23.5. The Kier molecular flexibility index (Phi) is 7.16. The highest BCUT2D eigenvalue weighted by Crippen LogP contribution is 2.25. The number of thioether (sulfide) groups is 1. The van der Waals surface area contributed by atoms with Gasteiger partial charge in [0.25, 0.3) is 0 Å². The number of carbonyl (C=O) groups excluding carboxylic acids is 1. The van der Waals surface area contributed by atoms with E-state index in [1.807, 2.05) is 35.8 Å². The first-order valence-corrected chi connectivity index (χ1v) is 13.3. The van der Waals surface area contributed by atoms with Crippen LogP contribution in [0.5, 0.6) is 0 Å². The summed E-state index contributed by atoms with van der Waals surface area (Å²) >= 11 is 1.28. The van der Waals surface area contributed by atoms with E-state index in [0.29, 0.717) is 29.9 Å². The molecule has 1 fully saturated rings. The summed E-state index contributed by atoms with van der Waals surface area (Å²) in [4.78, 5) is 12.7. The van der Waals surface area contributed by atoms with Crippen LogP contribution >= 0.6 is 11.8 Å². The number of nitrogens with zero attached hydrogens (tertiary/aromatic N) is 4. The molecule has 4 rings (SSSR count). The topological polar surface area (TPSA) is 97.2 Å². The Hall–Kier alpha value is -2.69. The molecule has 10 heteroatoms. The molecule has 0 radical (unpaired) electrons. The number of aromatic nitrogens is 3. The van der Waals surface area contributed by atoms with Gasteiger partial charge in [-0.05, 0) is 62.1 Å². The van der Waals surface area contributed by atoms with Crippen LogP contribution in [0.25, 0.3) is 5.69 Å². The third kappa shape index (κ3) is 5.63. The summed E-state index contributed by atoms with van der Waals surface area (Å²) in [6, 6.07) is 14.3. The Bertz CT molecular complexity index is 1210. The van der Waals surface area contributed by atoms with Crippen LogP contribution in [0.3, 0.4) is 0 Å². The molecule has 0 bridgehead atoms. The van der Waals surface area contributed by atoms with E-state index < -0.39 is 10.0 Å². The van der Waals surface area contributed by atoms with Crippen LogP contribution in [0.2, 0.25) is 0 Å². The summed E-state index contributed by atoms with van der Waals surface area (Å²) in [5.41, 5.74) is 2.63. The zero-order valence-electron chi connectivity index (χ0n) is 18.6. The SMILES string of the molecule is Cc1ccc(-n2cnnc2SCC(=O)Nc2ccc(S(=O)(=O)N3CCCC(C)C3)cc2)cc1. The van der Waals surface area contributed by atoms with Crippen LogP contribution in [0.15, 0.2) is 64.9 Å². The van der Waals surface area contributed by atoms with Gasteiger partial charge in [0.15, 0.2) is 5.16 Å². The molecule has 2 heterocycles. The smallest absolute Gasteiger partial charge is 0.243 e. The average Bonchev–Trinajstić information content (AvgIpc) is 3.27. The number of hydrogen-bond donors (Lipinski definition) is 1. The van der Waals surface area contributed by atoms with Crippen molar-refractivity contribution in [2.24, 2.45) is 5.92 Å². The minimum Gasteiger partial charge on any atom is -0.325 e. The number of piperidine rings is 1. The highest BCUT2D eigenvalue weighted by Gasteiger charge is 2.28. The van der Waals surface area contributed by atoms with Gasteiger partial charge in [-0.3, -0.25) is 9.36 Å². The maximum Gasteiger partial charge on any atom is 0.243 e. The second-order valence-corrected chi connectivity index (χ2v) is 11.2. The predicted molar refractivity (Wildman–Crippen MR) is 129 cm³/mol. The molecule has 2 aromatic carbocycles. The fraction of sp³-hybridized carbons (Fsp3) is 0.348. The van der Waals surface area contributed by atoms with Crippen molar-refractivity contribution in [1.82, 2.24) is 19.1 Å². The fourth-order valence-corrected chi connectivity index (χ4v) is 6.08. The lowest BCUT2D eigenvalue weighted by Crippen LogP contribution is -2.39. The van der Waals surface area contributed by atoms with Crippen molar-refractivity contribution in [2.45, 2.75) is 36.7 Å². The Morgan fingerprint density at radius 1 is 1.15 bits per heavy atom. The maximum absolute atomic E-state index is 12.9. The van der Waals surface area contributed by atoms with Crippen LogP contribution in [0.4, 0.5) is 5.69 Å². The number of carbonyl (C=O) groups is 1. The average molecular weight is 486 g/mol. The predicted octanol–water partition coefficient (Wildman–Crippen LogP) is 3.73. The van der Waals surface area contributed by atoms with Crippen molar-refractivity contribution in [2.75, 3.05) is 24.2 Å². The van der Waals surface area contributed by atoms with Crippen LogP contribution in [-0.4, -0.2) is 52.2 Å². The number of sulfonamides is 1. The molecule has 1 saturated heterocycles. The molecule has 1 aromatic heterocycles. The summed E-state index contributed by atoms with van der Waals surface area (Å²) in [5, 5.41) is 11.5. The van der Waals surface area contributed by atoms with Gasteiger partial charge in [-0.25, -0.2) is 8.42 Å². The number of hydrogen-bond acceptors (Lipinski definition) is 6. The molecule has 0 spiro atoms. The number of benzene rings is 2. The van der Waals surface area contributed by atoms with Gasteiger partial charge in [-0.15, -0.1) is 10.2 Å². The highest BCUT2D eigenvalue weighted by atomic mass is 32.2. The normalized spacial score (nSPS) is 17.1. The number of anilines is 1. The molecular weight excluding hydrogens is 458 g/mol. The van der Waals surface area contributed by atoms with E-state index >= 15 is 0 Å². The Morgan fingerprint density at radius 2 is 1.88 bits per heavy atom. The summed E-state index contributed by atoms with van der Waals surface area (Å²) in [5.74, 6) is 0.302. The first-order chi connectivity index (χ1) is 15.8. The van der Waals surface area contributed by atoms with E-state index in [-0.39, 0.29) is 16.6 Å². The number of nitrogens with one attached hydrogen (secondary N) is 1. The number of amides is 1. The zero-order valence-corrected chi connectivity index (χ0v) is 20.3. The van der Waals surface area contributed by atoms with E-state index in [1.54, 1.807) is 34.9 Å². The van der Waals surface area contributed by atoms with E-state index in [9.17, 15) is 13.2 Å². The zero-order chi connectivity index (χ0) is 23.4. The highest BCUT2D eigenvalue weighted by molar-refractivity contribution is 7.99. The second-order valence-electron chi connectivity index (χ2n) is 8.29. The first-order valence-electron chi connectivity index (χ1n) is 10.8. The van der Waals surface area contributed by atoms with Crippen LogP contribution < -0.4 is 5.32 Å². The quantitative estimate of drug-likeness (QED) is 0.512. The molecule has 1 atom stereocenters. The number of rotatable bonds is 7. The van der Waals surface area contributed by atoms with Crippen molar-refractivity contribution in [1.29, 1.82) is 0 Å². The monoisotopic (exact) mass is 485 g/mol. The minimum absolute atomic E-state index is 0.149. The second kappa shape index (κ2) is 10.1. The van der Waals surface area contributed by atoms with E-state index in [4.69, 9.17) is 0 Å². The molecule has 3 aromatic rings.